The summed E-state index contributed by atoms with van der Waals surface area (Å²) in [5, 5.41) is 1.11. The topological polar surface area (TPSA) is 69.4 Å². The largest absolute Gasteiger partial charge is 0.493 e. The molecule has 0 amide bonds. The molecule has 2 aromatic carbocycles. The first kappa shape index (κ1) is 20.1. The predicted octanol–water partition coefficient (Wildman–Crippen LogP) is 5.80. The maximum atomic E-state index is 13.1. The van der Waals surface area contributed by atoms with Crippen LogP contribution in [0.2, 0.25) is 10.0 Å². The molecule has 0 atom stereocenters. The number of pyridine rings is 1. The van der Waals surface area contributed by atoms with Gasteiger partial charge < -0.3 is 9.15 Å². The van der Waals surface area contributed by atoms with E-state index in [1.54, 1.807) is 42.5 Å². The third-order valence-corrected chi connectivity index (χ3v) is 5.37. The lowest BCUT2D eigenvalue weighted by Gasteiger charge is -2.08. The fraction of sp³-hybridized carbons (Fsp3) is 0.0870. The Morgan fingerprint density at radius 3 is 2.40 bits per heavy atom. The van der Waals surface area contributed by atoms with Gasteiger partial charge in [-0.2, -0.15) is 0 Å². The number of methoxy groups -OCH3 is 1. The van der Waals surface area contributed by atoms with Crippen LogP contribution in [0.5, 0.6) is 5.75 Å². The fourth-order valence-corrected chi connectivity index (χ4v) is 3.71. The predicted molar refractivity (Wildman–Crippen MR) is 115 cm³/mol. The van der Waals surface area contributed by atoms with Crippen LogP contribution in [-0.2, 0) is 6.42 Å². The number of nitrogens with zero attached hydrogens (tertiary/aromatic N) is 1. The van der Waals surface area contributed by atoms with Crippen LogP contribution < -0.4 is 4.74 Å². The minimum atomic E-state index is -0.285. The Balaban J connectivity index is 1.78. The van der Waals surface area contributed by atoms with Crippen LogP contribution in [0.25, 0.3) is 11.0 Å². The molecule has 0 spiro atoms. The fourth-order valence-electron chi connectivity index (χ4n) is 3.21. The SMILES string of the molecule is COc1ccc(C(=O)Cc2c(Cl)cncc2Cl)c2cc(C(=O)c3ccccc3)oc12. The lowest BCUT2D eigenvalue weighted by Crippen LogP contribution is -2.05. The summed E-state index contributed by atoms with van der Waals surface area (Å²) >= 11 is 12.3. The van der Waals surface area contributed by atoms with E-state index in [-0.39, 0.29) is 23.7 Å². The Labute approximate surface area is 182 Å². The maximum Gasteiger partial charge on any atom is 0.228 e. The normalized spacial score (nSPS) is 10.9. The number of aromatic nitrogens is 1. The smallest absolute Gasteiger partial charge is 0.228 e. The summed E-state index contributed by atoms with van der Waals surface area (Å²) in [5.41, 5.74) is 1.69. The minimum absolute atomic E-state index is 0.0191. The Hall–Kier alpha value is -3.15. The highest BCUT2D eigenvalue weighted by molar-refractivity contribution is 6.36. The average Bonchev–Trinajstić information content (AvgIpc) is 3.21. The molecule has 4 rings (SSSR count). The van der Waals surface area contributed by atoms with Gasteiger partial charge in [0.1, 0.15) is 0 Å². The Kier molecular flexibility index (Phi) is 5.57. The highest BCUT2D eigenvalue weighted by atomic mass is 35.5. The molecule has 0 fully saturated rings. The lowest BCUT2D eigenvalue weighted by atomic mass is 9.99. The summed E-state index contributed by atoms with van der Waals surface area (Å²) in [6, 6.07) is 13.6. The van der Waals surface area contributed by atoms with Crippen LogP contribution in [0.3, 0.4) is 0 Å². The van der Waals surface area contributed by atoms with Gasteiger partial charge in [0.05, 0.1) is 17.2 Å². The molecule has 4 aromatic rings. The summed E-state index contributed by atoms with van der Waals surface area (Å²) in [5.74, 6) is 0.0352. The van der Waals surface area contributed by atoms with Crippen LogP contribution in [0.4, 0.5) is 0 Å². The van der Waals surface area contributed by atoms with Crippen LogP contribution in [0.1, 0.15) is 32.0 Å². The van der Waals surface area contributed by atoms with Crippen molar-refractivity contribution >= 4 is 45.7 Å². The molecular formula is C23H15Cl2NO4. The number of Topliss-reactive ketones (excluding diaryl/α,β-unsaturated/α-hetero) is 1. The van der Waals surface area contributed by atoms with Crippen molar-refractivity contribution in [1.82, 2.24) is 4.98 Å². The molecule has 5 nitrogen and oxygen atoms in total. The standard InChI is InChI=1S/C23H15Cl2NO4/c1-29-20-8-7-14(19(27)9-16-17(24)11-26-12-18(16)25)15-10-21(30-23(15)20)22(28)13-5-3-2-4-6-13/h2-8,10-12H,9H2,1H3. The zero-order valence-corrected chi connectivity index (χ0v) is 17.3. The number of benzene rings is 2. The van der Waals surface area contributed by atoms with E-state index in [1.165, 1.54) is 19.5 Å². The first-order chi connectivity index (χ1) is 14.5. The molecule has 2 aromatic heterocycles. The average molecular weight is 440 g/mol. The van der Waals surface area contributed by atoms with E-state index < -0.39 is 0 Å². The number of ether oxygens (including phenoxy) is 1. The first-order valence-corrected chi connectivity index (χ1v) is 9.76. The van der Waals surface area contributed by atoms with Crippen molar-refractivity contribution in [2.45, 2.75) is 6.42 Å². The zero-order chi connectivity index (χ0) is 21.3. The molecule has 0 N–H and O–H groups in total. The molecule has 0 aliphatic heterocycles. The minimum Gasteiger partial charge on any atom is -0.493 e. The number of rotatable bonds is 6. The van der Waals surface area contributed by atoms with E-state index in [2.05, 4.69) is 4.98 Å². The van der Waals surface area contributed by atoms with Gasteiger partial charge >= 0.3 is 0 Å². The van der Waals surface area contributed by atoms with Gasteiger partial charge in [0.25, 0.3) is 0 Å². The van der Waals surface area contributed by atoms with E-state index in [9.17, 15) is 9.59 Å². The van der Waals surface area contributed by atoms with Gasteiger partial charge in [0.2, 0.25) is 5.78 Å². The summed E-state index contributed by atoms with van der Waals surface area (Å²) in [4.78, 5) is 29.8. The van der Waals surface area contributed by atoms with E-state index in [0.717, 1.165) is 0 Å². The Morgan fingerprint density at radius 1 is 1.03 bits per heavy atom. The monoisotopic (exact) mass is 439 g/mol. The highest BCUT2D eigenvalue weighted by Crippen LogP contribution is 2.34. The third-order valence-electron chi connectivity index (χ3n) is 4.72. The molecule has 0 aliphatic rings. The number of carbonyl (C=O) groups is 2. The van der Waals surface area contributed by atoms with E-state index in [4.69, 9.17) is 32.4 Å². The van der Waals surface area contributed by atoms with Gasteiger partial charge in [0, 0.05) is 40.9 Å². The van der Waals surface area contributed by atoms with Crippen molar-refractivity contribution in [1.29, 1.82) is 0 Å². The second kappa shape index (κ2) is 8.30. The molecule has 0 aliphatic carbocycles. The van der Waals surface area contributed by atoms with Gasteiger partial charge in [-0.05, 0) is 18.2 Å². The number of hydrogen-bond donors (Lipinski definition) is 0. The number of carbonyl (C=O) groups excluding carboxylic acids is 2. The quantitative estimate of drug-likeness (QED) is 0.355. The molecule has 7 heteroatoms. The second-order valence-corrected chi connectivity index (χ2v) is 7.36. The third kappa shape index (κ3) is 3.70. The van der Waals surface area contributed by atoms with E-state index in [0.29, 0.717) is 43.5 Å². The summed E-state index contributed by atoms with van der Waals surface area (Å²) in [6.07, 6.45) is 2.86. The molecule has 0 saturated heterocycles. The van der Waals surface area contributed by atoms with E-state index >= 15 is 0 Å². The molecule has 0 radical (unpaired) electrons. The number of ketones is 2. The van der Waals surface area contributed by atoms with Crippen molar-refractivity contribution in [3.63, 3.8) is 0 Å². The molecular weight excluding hydrogens is 425 g/mol. The van der Waals surface area contributed by atoms with Gasteiger partial charge in [-0.15, -0.1) is 0 Å². The molecule has 150 valence electrons. The molecule has 30 heavy (non-hydrogen) atoms. The van der Waals surface area contributed by atoms with Crippen molar-refractivity contribution in [2.75, 3.05) is 7.11 Å². The summed E-state index contributed by atoms with van der Waals surface area (Å²) in [7, 11) is 1.49. The van der Waals surface area contributed by atoms with Gasteiger partial charge in [-0.3, -0.25) is 14.6 Å². The second-order valence-electron chi connectivity index (χ2n) is 6.55. The van der Waals surface area contributed by atoms with Gasteiger partial charge in [0.15, 0.2) is 22.9 Å². The van der Waals surface area contributed by atoms with E-state index in [1.807, 2.05) is 6.07 Å². The van der Waals surface area contributed by atoms with Crippen molar-refractivity contribution in [3.05, 3.63) is 93.4 Å². The van der Waals surface area contributed by atoms with Crippen LogP contribution in [-0.4, -0.2) is 23.7 Å². The van der Waals surface area contributed by atoms with Crippen molar-refractivity contribution in [2.24, 2.45) is 0 Å². The Bertz CT molecular complexity index is 1240. The zero-order valence-electron chi connectivity index (χ0n) is 15.8. The Morgan fingerprint density at radius 2 is 1.73 bits per heavy atom. The molecule has 0 unspecified atom stereocenters. The van der Waals surface area contributed by atoms with Crippen molar-refractivity contribution < 1.29 is 18.7 Å². The number of furan rings is 1. The van der Waals surface area contributed by atoms with Crippen LogP contribution in [0, 0.1) is 0 Å². The summed E-state index contributed by atoms with van der Waals surface area (Å²) in [6.45, 7) is 0. The van der Waals surface area contributed by atoms with Gasteiger partial charge in [-0.25, -0.2) is 0 Å². The summed E-state index contributed by atoms with van der Waals surface area (Å²) < 4.78 is 11.2. The first-order valence-electron chi connectivity index (χ1n) is 9.01. The van der Waals surface area contributed by atoms with Crippen molar-refractivity contribution in [3.8, 4) is 5.75 Å². The van der Waals surface area contributed by atoms with Crippen LogP contribution >= 0.6 is 23.2 Å². The molecule has 0 saturated carbocycles. The maximum absolute atomic E-state index is 13.1. The van der Waals surface area contributed by atoms with Crippen LogP contribution in [0.15, 0.2) is 65.3 Å². The lowest BCUT2D eigenvalue weighted by molar-refractivity contribution is 0.0991. The van der Waals surface area contributed by atoms with Gasteiger partial charge in [-0.1, -0.05) is 53.5 Å². The number of fused-ring (bicyclic) bond motifs is 1. The molecule has 2 heterocycles. The number of halogens is 2. The molecule has 0 bridgehead atoms. The highest BCUT2D eigenvalue weighted by Gasteiger charge is 2.22. The number of hydrogen-bond acceptors (Lipinski definition) is 5.